The van der Waals surface area contributed by atoms with Crippen LogP contribution in [-0.4, -0.2) is 67.4 Å². The Morgan fingerprint density at radius 1 is 1.08 bits per heavy atom. The molecule has 0 radical (unpaired) electrons. The van der Waals surface area contributed by atoms with Crippen LogP contribution in [0, 0.1) is 12.3 Å². The zero-order chi connectivity index (χ0) is 17.9. The minimum absolute atomic E-state index is 0.284. The fourth-order valence-electron chi connectivity index (χ4n) is 4.41. The quantitative estimate of drug-likeness (QED) is 0.841. The summed E-state index contributed by atoms with van der Waals surface area (Å²) >= 11 is 0. The van der Waals surface area contributed by atoms with Crippen LogP contribution in [0.4, 0.5) is 0 Å². The number of nitrogens with zero attached hydrogens (tertiary/aromatic N) is 3. The van der Waals surface area contributed by atoms with Gasteiger partial charge in [0.2, 0.25) is 5.91 Å². The summed E-state index contributed by atoms with van der Waals surface area (Å²) in [4.78, 5) is 19.0. The average molecular weight is 344 g/mol. The Hall–Kier alpha value is -1.39. The van der Waals surface area contributed by atoms with Crippen LogP contribution in [-0.2, 0) is 11.3 Å². The van der Waals surface area contributed by atoms with Crippen molar-refractivity contribution in [1.29, 1.82) is 0 Å². The Kier molecular flexibility index (Phi) is 5.80. The van der Waals surface area contributed by atoms with E-state index >= 15 is 0 Å². The maximum atomic E-state index is 12.3. The van der Waals surface area contributed by atoms with Crippen molar-refractivity contribution in [2.45, 2.75) is 39.2 Å². The monoisotopic (exact) mass is 343 g/mol. The van der Waals surface area contributed by atoms with Crippen molar-refractivity contribution >= 4 is 5.91 Å². The zero-order valence-corrected chi connectivity index (χ0v) is 16.1. The molecule has 4 heteroatoms. The maximum Gasteiger partial charge on any atom is 0.236 e. The smallest absolute Gasteiger partial charge is 0.236 e. The van der Waals surface area contributed by atoms with Crippen LogP contribution in [0.25, 0.3) is 0 Å². The summed E-state index contributed by atoms with van der Waals surface area (Å²) in [6, 6.07) is 8.95. The van der Waals surface area contributed by atoms with E-state index < -0.39 is 0 Å². The molecule has 0 aliphatic carbocycles. The summed E-state index contributed by atoms with van der Waals surface area (Å²) in [5.74, 6) is 0.284. The lowest BCUT2D eigenvalue weighted by Gasteiger charge is -2.48. The molecule has 0 atom stereocenters. The summed E-state index contributed by atoms with van der Waals surface area (Å²) in [6.45, 7) is 8.01. The van der Waals surface area contributed by atoms with E-state index in [1.54, 1.807) is 0 Å². The number of aryl methyl sites for hydroxylation is 1. The predicted octanol–water partition coefficient (Wildman–Crippen LogP) is 2.76. The Morgan fingerprint density at radius 3 is 2.40 bits per heavy atom. The van der Waals surface area contributed by atoms with E-state index in [2.05, 4.69) is 41.0 Å². The lowest BCUT2D eigenvalue weighted by atomic mass is 9.72. The van der Waals surface area contributed by atoms with Gasteiger partial charge in [0, 0.05) is 26.2 Å². The number of hydrogen-bond donors (Lipinski definition) is 0. The molecule has 0 saturated carbocycles. The summed E-state index contributed by atoms with van der Waals surface area (Å²) in [5, 5.41) is 0. The van der Waals surface area contributed by atoms with Crippen LogP contribution in [0.5, 0.6) is 0 Å². The molecule has 138 valence electrons. The SMILES string of the molecule is Cc1ccc(CN2CCCC3(CCN(C(=O)CN(C)C)CC3)C2)cc1. The molecule has 2 aliphatic rings. The number of likely N-dealkylation sites (N-methyl/N-ethyl adjacent to an activating group) is 1. The lowest BCUT2D eigenvalue weighted by molar-refractivity contribution is -0.134. The minimum atomic E-state index is 0.284. The van der Waals surface area contributed by atoms with Crippen molar-refractivity contribution in [3.05, 3.63) is 35.4 Å². The summed E-state index contributed by atoms with van der Waals surface area (Å²) in [6.07, 6.45) is 4.94. The first-order valence-corrected chi connectivity index (χ1v) is 9.66. The number of piperidine rings is 2. The molecule has 1 amide bonds. The van der Waals surface area contributed by atoms with Gasteiger partial charge >= 0.3 is 0 Å². The van der Waals surface area contributed by atoms with Gasteiger partial charge in [-0.1, -0.05) is 29.8 Å². The van der Waals surface area contributed by atoms with Crippen LogP contribution >= 0.6 is 0 Å². The molecule has 0 bridgehead atoms. The van der Waals surface area contributed by atoms with Gasteiger partial charge in [0.05, 0.1) is 6.54 Å². The number of carbonyl (C=O) groups excluding carboxylic acids is 1. The molecule has 4 nitrogen and oxygen atoms in total. The van der Waals surface area contributed by atoms with Gasteiger partial charge in [-0.15, -0.1) is 0 Å². The first kappa shape index (κ1) is 18.4. The van der Waals surface area contributed by atoms with Gasteiger partial charge in [0.15, 0.2) is 0 Å². The fourth-order valence-corrected chi connectivity index (χ4v) is 4.41. The molecule has 1 aromatic rings. The third kappa shape index (κ3) is 4.83. The van der Waals surface area contributed by atoms with Gasteiger partial charge in [-0.3, -0.25) is 9.69 Å². The number of rotatable bonds is 4. The highest BCUT2D eigenvalue weighted by Gasteiger charge is 2.39. The summed E-state index contributed by atoms with van der Waals surface area (Å²) in [5.41, 5.74) is 3.17. The molecule has 1 aromatic carbocycles. The van der Waals surface area contributed by atoms with E-state index in [1.165, 1.54) is 37.1 Å². The molecule has 0 N–H and O–H groups in total. The number of likely N-dealkylation sites (tertiary alicyclic amines) is 2. The normalized spacial score (nSPS) is 21.0. The van der Waals surface area contributed by atoms with Crippen LogP contribution in [0.2, 0.25) is 0 Å². The number of hydrogen-bond acceptors (Lipinski definition) is 3. The highest BCUT2D eigenvalue weighted by atomic mass is 16.2. The van der Waals surface area contributed by atoms with Crippen LogP contribution in [0.1, 0.15) is 36.8 Å². The van der Waals surface area contributed by atoms with Crippen LogP contribution in [0.15, 0.2) is 24.3 Å². The van der Waals surface area contributed by atoms with Crippen molar-refractivity contribution in [3.63, 3.8) is 0 Å². The summed E-state index contributed by atoms with van der Waals surface area (Å²) in [7, 11) is 3.93. The Morgan fingerprint density at radius 2 is 1.76 bits per heavy atom. The maximum absolute atomic E-state index is 12.3. The second-order valence-corrected chi connectivity index (χ2v) is 8.42. The van der Waals surface area contributed by atoms with Crippen molar-refractivity contribution in [2.75, 3.05) is 46.8 Å². The second kappa shape index (κ2) is 7.88. The van der Waals surface area contributed by atoms with Crippen molar-refractivity contribution in [1.82, 2.24) is 14.7 Å². The van der Waals surface area contributed by atoms with Crippen molar-refractivity contribution < 1.29 is 4.79 Å². The van der Waals surface area contributed by atoms with Gasteiger partial charge in [0.1, 0.15) is 0 Å². The average Bonchev–Trinajstić information content (AvgIpc) is 2.57. The third-order valence-corrected chi connectivity index (χ3v) is 5.90. The standard InChI is InChI=1S/C21H33N3O/c1-18-5-7-19(8-6-18)15-23-12-4-9-21(17-23)10-13-24(14-11-21)20(25)16-22(2)3/h5-8H,4,9-17H2,1-3H3. The summed E-state index contributed by atoms with van der Waals surface area (Å²) < 4.78 is 0. The number of amides is 1. The lowest BCUT2D eigenvalue weighted by Crippen LogP contribution is -2.51. The Labute approximate surface area is 152 Å². The zero-order valence-electron chi connectivity index (χ0n) is 16.1. The van der Waals surface area contributed by atoms with Gasteiger partial charge in [-0.05, 0) is 64.2 Å². The van der Waals surface area contributed by atoms with Crippen LogP contribution in [0.3, 0.4) is 0 Å². The van der Waals surface area contributed by atoms with Gasteiger partial charge in [-0.25, -0.2) is 0 Å². The predicted molar refractivity (Wildman–Crippen MR) is 102 cm³/mol. The molecule has 2 aliphatic heterocycles. The highest BCUT2D eigenvalue weighted by molar-refractivity contribution is 5.78. The second-order valence-electron chi connectivity index (χ2n) is 8.42. The molecule has 2 heterocycles. The Balaban J connectivity index is 1.54. The van der Waals surface area contributed by atoms with E-state index in [4.69, 9.17) is 0 Å². The van der Waals surface area contributed by atoms with E-state index in [9.17, 15) is 4.79 Å². The van der Waals surface area contributed by atoms with Gasteiger partial charge in [-0.2, -0.15) is 0 Å². The van der Waals surface area contributed by atoms with E-state index in [0.717, 1.165) is 32.5 Å². The van der Waals surface area contributed by atoms with Crippen molar-refractivity contribution in [3.8, 4) is 0 Å². The molecule has 2 fully saturated rings. The van der Waals surface area contributed by atoms with Gasteiger partial charge in [0.25, 0.3) is 0 Å². The number of benzene rings is 1. The van der Waals surface area contributed by atoms with E-state index in [0.29, 0.717) is 12.0 Å². The third-order valence-electron chi connectivity index (χ3n) is 5.90. The Bertz CT molecular complexity index is 573. The topological polar surface area (TPSA) is 26.8 Å². The molecular weight excluding hydrogens is 310 g/mol. The first-order chi connectivity index (χ1) is 12.0. The molecular formula is C21H33N3O. The molecule has 0 unspecified atom stereocenters. The van der Waals surface area contributed by atoms with Crippen molar-refractivity contribution in [2.24, 2.45) is 5.41 Å². The molecule has 3 rings (SSSR count). The largest absolute Gasteiger partial charge is 0.342 e. The molecule has 1 spiro atoms. The van der Waals surface area contributed by atoms with E-state index in [1.807, 2.05) is 19.0 Å². The minimum Gasteiger partial charge on any atom is -0.342 e. The molecule has 2 saturated heterocycles. The fraction of sp³-hybridized carbons (Fsp3) is 0.667. The molecule has 25 heavy (non-hydrogen) atoms. The highest BCUT2D eigenvalue weighted by Crippen LogP contribution is 2.40. The van der Waals surface area contributed by atoms with Gasteiger partial charge < -0.3 is 9.80 Å². The molecule has 0 aromatic heterocycles. The van der Waals surface area contributed by atoms with Crippen LogP contribution < -0.4 is 0 Å². The first-order valence-electron chi connectivity index (χ1n) is 9.66. The number of carbonyl (C=O) groups is 1. The van der Waals surface area contributed by atoms with E-state index in [-0.39, 0.29) is 5.91 Å².